The maximum Gasteiger partial charge on any atom is 0.262 e. The Hall–Kier alpha value is -2.54. The van der Waals surface area contributed by atoms with Crippen LogP contribution in [0.1, 0.15) is 44.8 Å². The summed E-state index contributed by atoms with van der Waals surface area (Å²) in [7, 11) is 0. The monoisotopic (exact) mass is 502 g/mol. The summed E-state index contributed by atoms with van der Waals surface area (Å²) in [5, 5.41) is 7.25. The summed E-state index contributed by atoms with van der Waals surface area (Å²) >= 11 is 13.5. The zero-order valence-corrected chi connectivity index (χ0v) is 20.7. The average Bonchev–Trinajstić information content (AvgIpc) is 3.13. The van der Waals surface area contributed by atoms with Gasteiger partial charge in [-0.05, 0) is 86.6 Å². The van der Waals surface area contributed by atoms with Crippen LogP contribution in [-0.4, -0.2) is 18.4 Å². The molecule has 0 aliphatic heterocycles. The van der Waals surface area contributed by atoms with Gasteiger partial charge in [0.1, 0.15) is 10.8 Å². The third kappa shape index (κ3) is 5.52. The molecule has 0 fully saturated rings. The molecule has 3 aromatic rings. The second-order valence-corrected chi connectivity index (χ2v) is 10.0. The van der Waals surface area contributed by atoms with Crippen molar-refractivity contribution in [2.75, 3.05) is 17.2 Å². The number of rotatable bonds is 6. The number of carbonyl (C=O) groups is 2. The highest BCUT2D eigenvalue weighted by Crippen LogP contribution is 2.38. The SMILES string of the molecule is Cc1ccc(NC(=O)c2c(NC(=O)COc3ccc(Cl)cc3Cl)sc3c2CCCC3)cc1C. The predicted molar refractivity (Wildman–Crippen MR) is 135 cm³/mol. The van der Waals surface area contributed by atoms with E-state index in [2.05, 4.69) is 10.6 Å². The Morgan fingerprint density at radius 1 is 1.00 bits per heavy atom. The summed E-state index contributed by atoms with van der Waals surface area (Å²) in [6, 6.07) is 10.6. The van der Waals surface area contributed by atoms with Crippen LogP contribution in [0.5, 0.6) is 5.75 Å². The zero-order chi connectivity index (χ0) is 23.5. The second-order valence-electron chi connectivity index (χ2n) is 8.08. The quantitative estimate of drug-likeness (QED) is 0.388. The maximum atomic E-state index is 13.3. The van der Waals surface area contributed by atoms with E-state index in [4.69, 9.17) is 27.9 Å². The molecule has 8 heteroatoms. The topological polar surface area (TPSA) is 67.4 Å². The van der Waals surface area contributed by atoms with Crippen molar-refractivity contribution in [3.63, 3.8) is 0 Å². The number of ether oxygens (including phenoxy) is 1. The Kier molecular flexibility index (Phi) is 7.27. The molecular weight excluding hydrogens is 479 g/mol. The summed E-state index contributed by atoms with van der Waals surface area (Å²) < 4.78 is 5.55. The van der Waals surface area contributed by atoms with Crippen molar-refractivity contribution < 1.29 is 14.3 Å². The van der Waals surface area contributed by atoms with E-state index in [1.165, 1.54) is 11.3 Å². The number of amides is 2. The zero-order valence-electron chi connectivity index (χ0n) is 18.4. The van der Waals surface area contributed by atoms with Gasteiger partial charge in [-0.1, -0.05) is 29.3 Å². The summed E-state index contributed by atoms with van der Waals surface area (Å²) in [4.78, 5) is 27.1. The van der Waals surface area contributed by atoms with Gasteiger partial charge in [0.2, 0.25) is 0 Å². The Bertz CT molecular complexity index is 1220. The van der Waals surface area contributed by atoms with Crippen molar-refractivity contribution in [1.82, 2.24) is 0 Å². The van der Waals surface area contributed by atoms with E-state index in [0.29, 0.717) is 26.4 Å². The van der Waals surface area contributed by atoms with Crippen molar-refractivity contribution in [3.05, 3.63) is 73.6 Å². The summed E-state index contributed by atoms with van der Waals surface area (Å²) in [6.45, 7) is 3.81. The van der Waals surface area contributed by atoms with E-state index >= 15 is 0 Å². The molecule has 2 aromatic carbocycles. The van der Waals surface area contributed by atoms with Crippen LogP contribution < -0.4 is 15.4 Å². The van der Waals surface area contributed by atoms with Crippen LogP contribution in [0.4, 0.5) is 10.7 Å². The van der Waals surface area contributed by atoms with Crippen LogP contribution >= 0.6 is 34.5 Å². The molecule has 1 aromatic heterocycles. The molecule has 0 spiro atoms. The van der Waals surface area contributed by atoms with Crippen LogP contribution in [0.25, 0.3) is 0 Å². The van der Waals surface area contributed by atoms with Gasteiger partial charge in [-0.2, -0.15) is 0 Å². The largest absolute Gasteiger partial charge is 0.482 e. The number of hydrogen-bond donors (Lipinski definition) is 2. The van der Waals surface area contributed by atoms with E-state index in [0.717, 1.165) is 52.9 Å². The van der Waals surface area contributed by atoms with Crippen molar-refractivity contribution in [3.8, 4) is 5.75 Å². The standard InChI is InChI=1S/C25H24Cl2N2O3S/c1-14-7-9-17(11-15(14)2)28-24(31)23-18-5-3-4-6-21(18)33-25(23)29-22(30)13-32-20-10-8-16(26)12-19(20)27/h7-12H,3-6,13H2,1-2H3,(H,28,31)(H,29,30). The highest BCUT2D eigenvalue weighted by atomic mass is 35.5. The molecule has 1 aliphatic rings. The lowest BCUT2D eigenvalue weighted by atomic mass is 9.95. The van der Waals surface area contributed by atoms with Crippen LogP contribution in [0, 0.1) is 13.8 Å². The van der Waals surface area contributed by atoms with Gasteiger partial charge in [0, 0.05) is 15.6 Å². The third-order valence-corrected chi connectivity index (χ3v) is 7.41. The van der Waals surface area contributed by atoms with Crippen LogP contribution in [0.3, 0.4) is 0 Å². The van der Waals surface area contributed by atoms with E-state index < -0.39 is 0 Å². The Balaban J connectivity index is 1.52. The Morgan fingerprint density at radius 3 is 2.55 bits per heavy atom. The first-order valence-electron chi connectivity index (χ1n) is 10.7. The van der Waals surface area contributed by atoms with Gasteiger partial charge in [-0.25, -0.2) is 0 Å². The minimum absolute atomic E-state index is 0.213. The van der Waals surface area contributed by atoms with Crippen molar-refractivity contribution in [2.45, 2.75) is 39.5 Å². The molecule has 0 saturated carbocycles. The number of nitrogens with one attached hydrogen (secondary N) is 2. The average molecular weight is 503 g/mol. The molecule has 2 N–H and O–H groups in total. The molecule has 0 bridgehead atoms. The molecule has 0 saturated heterocycles. The summed E-state index contributed by atoms with van der Waals surface area (Å²) in [6.07, 6.45) is 3.85. The fraction of sp³-hybridized carbons (Fsp3) is 0.280. The summed E-state index contributed by atoms with van der Waals surface area (Å²) in [5.74, 6) is -0.205. The molecule has 2 amide bonds. The van der Waals surface area contributed by atoms with E-state index in [9.17, 15) is 9.59 Å². The van der Waals surface area contributed by atoms with Crippen molar-refractivity contribution >= 4 is 57.0 Å². The molecule has 0 atom stereocenters. The van der Waals surface area contributed by atoms with Crippen molar-refractivity contribution in [1.29, 1.82) is 0 Å². The second kappa shape index (κ2) is 10.2. The van der Waals surface area contributed by atoms with Gasteiger partial charge in [0.15, 0.2) is 6.61 Å². The van der Waals surface area contributed by atoms with Gasteiger partial charge >= 0.3 is 0 Å². The Labute approximate surface area is 207 Å². The molecule has 4 rings (SSSR count). The van der Waals surface area contributed by atoms with E-state index in [1.807, 2.05) is 32.0 Å². The van der Waals surface area contributed by atoms with Gasteiger partial charge < -0.3 is 15.4 Å². The van der Waals surface area contributed by atoms with Gasteiger partial charge in [0.25, 0.3) is 11.8 Å². The number of benzene rings is 2. The van der Waals surface area contributed by atoms with Gasteiger partial charge in [0.05, 0.1) is 10.6 Å². The molecule has 33 heavy (non-hydrogen) atoms. The normalized spacial score (nSPS) is 12.7. The predicted octanol–water partition coefficient (Wildman–Crippen LogP) is 6.82. The molecule has 172 valence electrons. The van der Waals surface area contributed by atoms with Crippen LogP contribution in [0.15, 0.2) is 36.4 Å². The highest BCUT2D eigenvalue weighted by Gasteiger charge is 2.26. The molecule has 0 radical (unpaired) electrons. The van der Waals surface area contributed by atoms with E-state index in [1.54, 1.807) is 18.2 Å². The van der Waals surface area contributed by atoms with Crippen LogP contribution in [-0.2, 0) is 17.6 Å². The molecular formula is C25H24Cl2N2O3S. The van der Waals surface area contributed by atoms with E-state index in [-0.39, 0.29) is 18.4 Å². The maximum absolute atomic E-state index is 13.3. The molecule has 1 heterocycles. The minimum atomic E-state index is -0.361. The smallest absolute Gasteiger partial charge is 0.262 e. The highest BCUT2D eigenvalue weighted by molar-refractivity contribution is 7.17. The number of hydrogen-bond acceptors (Lipinski definition) is 4. The number of aryl methyl sites for hydroxylation is 3. The lowest BCUT2D eigenvalue weighted by molar-refractivity contribution is -0.118. The molecule has 1 aliphatic carbocycles. The summed E-state index contributed by atoms with van der Waals surface area (Å²) in [5.41, 5.74) is 4.58. The third-order valence-electron chi connectivity index (χ3n) is 5.67. The fourth-order valence-electron chi connectivity index (χ4n) is 3.81. The van der Waals surface area contributed by atoms with Crippen LogP contribution in [0.2, 0.25) is 10.0 Å². The van der Waals surface area contributed by atoms with Gasteiger partial charge in [-0.3, -0.25) is 9.59 Å². The van der Waals surface area contributed by atoms with Gasteiger partial charge in [-0.15, -0.1) is 11.3 Å². The lowest BCUT2D eigenvalue weighted by Crippen LogP contribution is -2.22. The number of fused-ring (bicyclic) bond motifs is 1. The minimum Gasteiger partial charge on any atom is -0.482 e. The lowest BCUT2D eigenvalue weighted by Gasteiger charge is -2.14. The molecule has 0 unspecified atom stereocenters. The van der Waals surface area contributed by atoms with Crippen molar-refractivity contribution in [2.24, 2.45) is 0 Å². The molecule has 5 nitrogen and oxygen atoms in total. The fourth-order valence-corrected chi connectivity index (χ4v) is 5.57. The number of halogens is 2. The first-order valence-corrected chi connectivity index (χ1v) is 12.3. The first kappa shape index (κ1) is 23.6. The Morgan fingerprint density at radius 2 is 1.79 bits per heavy atom. The number of thiophene rings is 1. The number of carbonyl (C=O) groups excluding carboxylic acids is 2. The number of anilines is 2. The first-order chi connectivity index (χ1) is 15.8.